The first-order valence-electron chi connectivity index (χ1n) is 5.74. The number of benzene rings is 1. The fourth-order valence-electron chi connectivity index (χ4n) is 1.65. The van der Waals surface area contributed by atoms with Crippen LogP contribution in [0.25, 0.3) is 10.6 Å². The standard InChI is InChI=1S/C12H11F2N3S/c13-8-2-1-3-9(14)11(8)12-17-16-10(18-12)6-15-7-4-5-7/h1-3,7,15H,4-6H2. The molecule has 0 radical (unpaired) electrons. The molecule has 1 N–H and O–H groups in total. The number of nitrogens with zero attached hydrogens (tertiary/aromatic N) is 2. The Labute approximate surface area is 107 Å². The van der Waals surface area contributed by atoms with E-state index in [0.717, 1.165) is 5.01 Å². The van der Waals surface area contributed by atoms with Crippen molar-refractivity contribution in [2.24, 2.45) is 0 Å². The molecule has 1 aliphatic carbocycles. The highest BCUT2D eigenvalue weighted by Crippen LogP contribution is 2.29. The minimum absolute atomic E-state index is 0.0901. The quantitative estimate of drug-likeness (QED) is 0.925. The van der Waals surface area contributed by atoms with E-state index in [1.807, 2.05) is 0 Å². The molecule has 0 bridgehead atoms. The topological polar surface area (TPSA) is 37.8 Å². The molecule has 18 heavy (non-hydrogen) atoms. The van der Waals surface area contributed by atoms with E-state index in [4.69, 9.17) is 0 Å². The Morgan fingerprint density at radius 1 is 1.22 bits per heavy atom. The van der Waals surface area contributed by atoms with Crippen molar-refractivity contribution in [3.05, 3.63) is 34.8 Å². The van der Waals surface area contributed by atoms with Gasteiger partial charge in [-0.1, -0.05) is 17.4 Å². The van der Waals surface area contributed by atoms with Gasteiger partial charge in [-0.3, -0.25) is 0 Å². The van der Waals surface area contributed by atoms with Crippen molar-refractivity contribution in [3.63, 3.8) is 0 Å². The summed E-state index contributed by atoms with van der Waals surface area (Å²) in [6, 6.07) is 4.36. The normalized spacial score (nSPS) is 15.0. The third-order valence-electron chi connectivity index (χ3n) is 2.76. The van der Waals surface area contributed by atoms with E-state index in [1.54, 1.807) is 0 Å². The van der Waals surface area contributed by atoms with Crippen LogP contribution in [0, 0.1) is 11.6 Å². The van der Waals surface area contributed by atoms with Gasteiger partial charge in [0.15, 0.2) is 5.01 Å². The molecule has 0 unspecified atom stereocenters. The second-order valence-corrected chi connectivity index (χ2v) is 5.31. The van der Waals surface area contributed by atoms with Crippen LogP contribution in [0.5, 0.6) is 0 Å². The van der Waals surface area contributed by atoms with Crippen LogP contribution in [0.4, 0.5) is 8.78 Å². The first-order valence-corrected chi connectivity index (χ1v) is 6.56. The Morgan fingerprint density at radius 2 is 1.94 bits per heavy atom. The SMILES string of the molecule is Fc1cccc(F)c1-c1nnc(CNC2CC2)s1. The van der Waals surface area contributed by atoms with Gasteiger partial charge in [-0.2, -0.15) is 0 Å². The maximum absolute atomic E-state index is 13.6. The van der Waals surface area contributed by atoms with E-state index < -0.39 is 11.6 Å². The van der Waals surface area contributed by atoms with Crippen LogP contribution < -0.4 is 5.32 Å². The molecule has 94 valence electrons. The van der Waals surface area contributed by atoms with Crippen molar-refractivity contribution >= 4 is 11.3 Å². The Morgan fingerprint density at radius 3 is 2.61 bits per heavy atom. The van der Waals surface area contributed by atoms with Gasteiger partial charge in [-0.05, 0) is 25.0 Å². The third-order valence-corrected chi connectivity index (χ3v) is 3.70. The number of halogens is 2. The summed E-state index contributed by atoms with van der Waals surface area (Å²) in [5.74, 6) is -1.21. The average Bonchev–Trinajstić information content (AvgIpc) is 3.06. The van der Waals surface area contributed by atoms with Crippen LogP contribution in [0.2, 0.25) is 0 Å². The summed E-state index contributed by atoms with van der Waals surface area (Å²) in [5.41, 5.74) is -0.0901. The van der Waals surface area contributed by atoms with Gasteiger partial charge in [0.05, 0.1) is 5.56 Å². The lowest BCUT2D eigenvalue weighted by Crippen LogP contribution is -2.14. The van der Waals surface area contributed by atoms with Crippen LogP contribution in [0.15, 0.2) is 18.2 Å². The molecule has 1 aromatic carbocycles. The van der Waals surface area contributed by atoms with Crippen molar-refractivity contribution in [1.82, 2.24) is 15.5 Å². The van der Waals surface area contributed by atoms with E-state index in [1.165, 1.54) is 42.4 Å². The van der Waals surface area contributed by atoms with Crippen molar-refractivity contribution in [2.45, 2.75) is 25.4 Å². The lowest BCUT2D eigenvalue weighted by Gasteiger charge is -1.99. The predicted octanol–water partition coefficient (Wildman–Crippen LogP) is 2.74. The average molecular weight is 267 g/mol. The summed E-state index contributed by atoms with van der Waals surface area (Å²) in [7, 11) is 0. The number of hydrogen-bond donors (Lipinski definition) is 1. The van der Waals surface area contributed by atoms with Crippen LogP contribution in [0.3, 0.4) is 0 Å². The van der Waals surface area contributed by atoms with Gasteiger partial charge >= 0.3 is 0 Å². The second-order valence-electron chi connectivity index (χ2n) is 4.25. The molecule has 2 aromatic rings. The summed E-state index contributed by atoms with van der Waals surface area (Å²) in [4.78, 5) is 0. The van der Waals surface area contributed by atoms with Gasteiger partial charge in [0.25, 0.3) is 0 Å². The van der Waals surface area contributed by atoms with Gasteiger partial charge in [0.2, 0.25) is 0 Å². The molecule has 0 atom stereocenters. The zero-order chi connectivity index (χ0) is 12.5. The van der Waals surface area contributed by atoms with Crippen LogP contribution in [0.1, 0.15) is 17.8 Å². The maximum Gasteiger partial charge on any atom is 0.153 e. The molecular weight excluding hydrogens is 256 g/mol. The zero-order valence-corrected chi connectivity index (χ0v) is 10.3. The van der Waals surface area contributed by atoms with E-state index in [2.05, 4.69) is 15.5 Å². The first kappa shape index (κ1) is 11.7. The number of aromatic nitrogens is 2. The highest BCUT2D eigenvalue weighted by molar-refractivity contribution is 7.14. The Kier molecular flexibility index (Phi) is 3.05. The lowest BCUT2D eigenvalue weighted by molar-refractivity contribution is 0.589. The molecular formula is C12H11F2N3S. The number of hydrogen-bond acceptors (Lipinski definition) is 4. The van der Waals surface area contributed by atoms with Crippen LogP contribution >= 0.6 is 11.3 Å². The van der Waals surface area contributed by atoms with Crippen molar-refractivity contribution in [3.8, 4) is 10.6 Å². The smallest absolute Gasteiger partial charge is 0.153 e. The van der Waals surface area contributed by atoms with E-state index in [9.17, 15) is 8.78 Å². The van der Waals surface area contributed by atoms with Crippen LogP contribution in [-0.2, 0) is 6.54 Å². The molecule has 1 fully saturated rings. The predicted molar refractivity (Wildman–Crippen MR) is 65.1 cm³/mol. The summed E-state index contributed by atoms with van der Waals surface area (Å²) in [6.45, 7) is 0.610. The summed E-state index contributed by atoms with van der Waals surface area (Å²) >= 11 is 1.22. The molecule has 1 aliphatic rings. The minimum Gasteiger partial charge on any atom is -0.308 e. The molecule has 0 saturated heterocycles. The zero-order valence-electron chi connectivity index (χ0n) is 9.49. The third kappa shape index (κ3) is 2.39. The van der Waals surface area contributed by atoms with E-state index >= 15 is 0 Å². The summed E-state index contributed by atoms with van der Waals surface area (Å²) in [5, 5.41) is 12.1. The monoisotopic (exact) mass is 267 g/mol. The van der Waals surface area contributed by atoms with E-state index in [0.29, 0.717) is 12.6 Å². The fourth-order valence-corrected chi connectivity index (χ4v) is 2.49. The number of rotatable bonds is 4. The molecule has 3 nitrogen and oxygen atoms in total. The molecule has 1 aromatic heterocycles. The Bertz CT molecular complexity index is 546. The largest absolute Gasteiger partial charge is 0.308 e. The van der Waals surface area contributed by atoms with Crippen LogP contribution in [-0.4, -0.2) is 16.2 Å². The Hall–Kier alpha value is -1.40. The van der Waals surface area contributed by atoms with Crippen molar-refractivity contribution in [2.75, 3.05) is 0 Å². The van der Waals surface area contributed by atoms with Crippen molar-refractivity contribution in [1.29, 1.82) is 0 Å². The molecule has 3 rings (SSSR count). The van der Waals surface area contributed by atoms with Gasteiger partial charge in [-0.15, -0.1) is 10.2 Å². The van der Waals surface area contributed by atoms with E-state index in [-0.39, 0.29) is 10.6 Å². The molecule has 0 aliphatic heterocycles. The fraction of sp³-hybridized carbons (Fsp3) is 0.333. The van der Waals surface area contributed by atoms with Crippen molar-refractivity contribution < 1.29 is 8.78 Å². The minimum atomic E-state index is -0.604. The lowest BCUT2D eigenvalue weighted by atomic mass is 10.2. The Balaban J connectivity index is 1.83. The molecule has 0 spiro atoms. The van der Waals surface area contributed by atoms with Gasteiger partial charge in [0.1, 0.15) is 16.6 Å². The molecule has 1 saturated carbocycles. The van der Waals surface area contributed by atoms with Gasteiger partial charge in [-0.25, -0.2) is 8.78 Å². The molecule has 0 amide bonds. The van der Waals surface area contributed by atoms with Gasteiger partial charge in [0, 0.05) is 12.6 Å². The highest BCUT2D eigenvalue weighted by Gasteiger charge is 2.21. The summed E-state index contributed by atoms with van der Waals surface area (Å²) in [6.07, 6.45) is 2.38. The molecule has 1 heterocycles. The highest BCUT2D eigenvalue weighted by atomic mass is 32.1. The maximum atomic E-state index is 13.6. The second kappa shape index (κ2) is 4.70. The molecule has 6 heteroatoms. The summed E-state index contributed by atoms with van der Waals surface area (Å²) < 4.78 is 27.1. The number of nitrogens with one attached hydrogen (secondary N) is 1. The van der Waals surface area contributed by atoms with Gasteiger partial charge < -0.3 is 5.32 Å². The first-order chi connectivity index (χ1) is 8.74.